The normalized spacial score (nSPS) is 12.6. The lowest BCUT2D eigenvalue weighted by atomic mass is 10.0. The van der Waals surface area contributed by atoms with E-state index >= 15 is 0 Å². The molecule has 0 aliphatic carbocycles. The maximum atomic E-state index is 12.9. The monoisotopic (exact) mass is 1140 g/mol. The van der Waals surface area contributed by atoms with E-state index in [9.17, 15) is 14.4 Å². The second-order valence-corrected chi connectivity index (χ2v) is 23.8. The number of carbonyl (C=O) groups is 3. The molecule has 0 aromatic heterocycles. The Labute approximate surface area is 509 Å². The molecule has 0 radical (unpaired) electrons. The fourth-order valence-corrected chi connectivity index (χ4v) is 10.3. The number of rotatable bonds is 65. The maximum Gasteiger partial charge on any atom is 0.306 e. The van der Waals surface area contributed by atoms with Crippen LogP contribution in [0.15, 0.2) is 85.1 Å². The molecule has 6 nitrogen and oxygen atoms in total. The van der Waals surface area contributed by atoms with Crippen molar-refractivity contribution in [1.82, 2.24) is 0 Å². The van der Waals surface area contributed by atoms with Crippen LogP contribution >= 0.6 is 0 Å². The minimum atomic E-state index is -0.778. The molecule has 0 heterocycles. The average Bonchev–Trinajstić information content (AvgIpc) is 3.47. The third kappa shape index (κ3) is 67.4. The Hall–Kier alpha value is -3.41. The second-order valence-electron chi connectivity index (χ2n) is 23.8. The number of carbonyl (C=O) groups excluding carboxylic acids is 3. The maximum absolute atomic E-state index is 12.9. The van der Waals surface area contributed by atoms with Gasteiger partial charge in [0.1, 0.15) is 13.2 Å². The van der Waals surface area contributed by atoms with Crippen molar-refractivity contribution >= 4 is 17.9 Å². The summed E-state index contributed by atoms with van der Waals surface area (Å²) in [6, 6.07) is 0. The molecule has 82 heavy (non-hydrogen) atoms. The molecular formula is C76H134O6. The van der Waals surface area contributed by atoms with Gasteiger partial charge < -0.3 is 14.2 Å². The van der Waals surface area contributed by atoms with Crippen LogP contribution in [0.4, 0.5) is 0 Å². The van der Waals surface area contributed by atoms with Gasteiger partial charge in [-0.15, -0.1) is 0 Å². The number of hydrogen-bond donors (Lipinski definition) is 0. The predicted octanol–water partition coefficient (Wildman–Crippen LogP) is 24.6. The van der Waals surface area contributed by atoms with Gasteiger partial charge in [-0.3, -0.25) is 14.4 Å². The van der Waals surface area contributed by atoms with E-state index in [1.807, 2.05) is 0 Å². The Morgan fingerprint density at radius 2 is 0.476 bits per heavy atom. The molecule has 0 aromatic rings. The van der Waals surface area contributed by atoms with Crippen molar-refractivity contribution in [3.8, 4) is 0 Å². The molecule has 0 saturated heterocycles. The SMILES string of the molecule is CC/C=C\C/C=C\C/C=C\C/C=C\C/C=C\C/C=C\CCCCCCCCCCCCCCCCC(=O)OCC(COC(=O)CCCCCCC/C=C\CCCCCCCC)OC(=O)CCCCCCCCCCCCCCCCCC. The molecule has 474 valence electrons. The first-order chi connectivity index (χ1) is 40.5. The quantitative estimate of drug-likeness (QED) is 0.0261. The van der Waals surface area contributed by atoms with Crippen LogP contribution < -0.4 is 0 Å². The third-order valence-electron chi connectivity index (χ3n) is 15.6. The van der Waals surface area contributed by atoms with Crippen LogP contribution in [0.1, 0.15) is 361 Å². The van der Waals surface area contributed by atoms with Crippen LogP contribution in [0.5, 0.6) is 0 Å². The van der Waals surface area contributed by atoms with E-state index in [0.717, 1.165) is 103 Å². The van der Waals surface area contributed by atoms with Gasteiger partial charge in [0.15, 0.2) is 6.10 Å². The molecule has 1 atom stereocenters. The van der Waals surface area contributed by atoms with Crippen LogP contribution in [0.2, 0.25) is 0 Å². The summed E-state index contributed by atoms with van der Waals surface area (Å²) < 4.78 is 17.0. The molecule has 0 aliphatic heterocycles. The van der Waals surface area contributed by atoms with Crippen LogP contribution in [0, 0.1) is 0 Å². The van der Waals surface area contributed by atoms with E-state index in [4.69, 9.17) is 14.2 Å². The molecule has 0 fully saturated rings. The van der Waals surface area contributed by atoms with Crippen molar-refractivity contribution < 1.29 is 28.6 Å². The number of unbranched alkanes of at least 4 members (excludes halogenated alkanes) is 40. The molecule has 0 saturated carbocycles. The zero-order chi connectivity index (χ0) is 59.2. The van der Waals surface area contributed by atoms with E-state index < -0.39 is 6.10 Å². The minimum Gasteiger partial charge on any atom is -0.462 e. The van der Waals surface area contributed by atoms with Gasteiger partial charge in [-0.25, -0.2) is 0 Å². The molecule has 0 bridgehead atoms. The Kier molecular flexibility index (Phi) is 67.2. The Bertz CT molecular complexity index is 1550. The predicted molar refractivity (Wildman–Crippen MR) is 358 cm³/mol. The molecule has 0 amide bonds. The van der Waals surface area contributed by atoms with Gasteiger partial charge in [-0.05, 0) is 96.3 Å². The highest BCUT2D eigenvalue weighted by Gasteiger charge is 2.19. The molecular weight excluding hydrogens is 1010 g/mol. The van der Waals surface area contributed by atoms with Crippen LogP contribution in [-0.2, 0) is 28.6 Å². The van der Waals surface area contributed by atoms with Gasteiger partial charge in [0.05, 0.1) is 0 Å². The van der Waals surface area contributed by atoms with Crippen molar-refractivity contribution in [3.05, 3.63) is 85.1 Å². The largest absolute Gasteiger partial charge is 0.462 e. The van der Waals surface area contributed by atoms with Crippen LogP contribution in [0.3, 0.4) is 0 Å². The lowest BCUT2D eigenvalue weighted by Crippen LogP contribution is -2.30. The van der Waals surface area contributed by atoms with Crippen molar-refractivity contribution in [3.63, 3.8) is 0 Å². The van der Waals surface area contributed by atoms with Crippen molar-refractivity contribution in [1.29, 1.82) is 0 Å². The van der Waals surface area contributed by atoms with Crippen LogP contribution in [0.25, 0.3) is 0 Å². The number of allylic oxidation sites excluding steroid dienone is 14. The summed E-state index contributed by atoms with van der Waals surface area (Å²) in [4.78, 5) is 38.4. The first-order valence-corrected chi connectivity index (χ1v) is 35.6. The summed E-state index contributed by atoms with van der Waals surface area (Å²) in [6.07, 6.45) is 93.2. The lowest BCUT2D eigenvalue weighted by Gasteiger charge is -2.18. The Balaban J connectivity index is 4.20. The minimum absolute atomic E-state index is 0.0741. The van der Waals surface area contributed by atoms with Gasteiger partial charge in [0.25, 0.3) is 0 Å². The van der Waals surface area contributed by atoms with Gasteiger partial charge >= 0.3 is 17.9 Å². The fourth-order valence-electron chi connectivity index (χ4n) is 10.3. The van der Waals surface area contributed by atoms with Gasteiger partial charge in [-0.2, -0.15) is 0 Å². The van der Waals surface area contributed by atoms with E-state index in [-0.39, 0.29) is 31.1 Å². The summed E-state index contributed by atoms with van der Waals surface area (Å²) in [5, 5.41) is 0. The van der Waals surface area contributed by atoms with E-state index in [1.165, 1.54) is 218 Å². The first kappa shape index (κ1) is 78.6. The Morgan fingerprint density at radius 1 is 0.256 bits per heavy atom. The summed E-state index contributed by atoms with van der Waals surface area (Å²) in [5.41, 5.74) is 0. The Morgan fingerprint density at radius 3 is 0.756 bits per heavy atom. The topological polar surface area (TPSA) is 78.9 Å². The third-order valence-corrected chi connectivity index (χ3v) is 15.6. The van der Waals surface area contributed by atoms with E-state index in [0.29, 0.717) is 19.3 Å². The van der Waals surface area contributed by atoms with Gasteiger partial charge in [-0.1, -0.05) is 331 Å². The molecule has 0 spiro atoms. The summed E-state index contributed by atoms with van der Waals surface area (Å²) in [5.74, 6) is -0.861. The fraction of sp³-hybridized carbons (Fsp3) is 0.776. The molecule has 0 aromatic carbocycles. The number of esters is 3. The summed E-state index contributed by atoms with van der Waals surface area (Å²) in [7, 11) is 0. The summed E-state index contributed by atoms with van der Waals surface area (Å²) >= 11 is 0. The molecule has 6 heteroatoms. The van der Waals surface area contributed by atoms with Crippen molar-refractivity contribution in [2.45, 2.75) is 367 Å². The molecule has 0 rings (SSSR count). The molecule has 0 aliphatic rings. The average molecular weight is 1140 g/mol. The second kappa shape index (κ2) is 70.1. The molecule has 0 N–H and O–H groups in total. The highest BCUT2D eigenvalue weighted by Crippen LogP contribution is 2.18. The van der Waals surface area contributed by atoms with Crippen molar-refractivity contribution in [2.75, 3.05) is 13.2 Å². The first-order valence-electron chi connectivity index (χ1n) is 35.6. The van der Waals surface area contributed by atoms with Gasteiger partial charge in [0, 0.05) is 19.3 Å². The van der Waals surface area contributed by atoms with Crippen LogP contribution in [-0.4, -0.2) is 37.2 Å². The smallest absolute Gasteiger partial charge is 0.306 e. The standard InChI is InChI=1S/C76H134O6/c1-4-7-10-13-16-19-22-25-28-30-31-32-33-34-35-36-37-38-39-40-41-42-43-44-45-46-49-51-54-57-60-63-66-69-75(78)81-72-73(71-80-74(77)68-65-62-59-56-53-50-47-27-24-21-18-15-12-9-6-3)82-76(79)70-67-64-61-58-55-52-48-29-26-23-20-17-14-11-8-5-2/h7,10,16,19,25,27-28,31-32,34-35,37-38,47,73H,4-6,8-9,11-15,17-18,20-24,26,29-30,33,36,39-46,48-72H2,1-3H3/b10-7-,19-16-,28-25-,32-31-,35-34-,38-37-,47-27-. The summed E-state index contributed by atoms with van der Waals surface area (Å²) in [6.45, 7) is 6.57. The highest BCUT2D eigenvalue weighted by atomic mass is 16.6. The number of hydrogen-bond acceptors (Lipinski definition) is 6. The zero-order valence-corrected chi connectivity index (χ0v) is 54.5. The number of ether oxygens (including phenoxy) is 3. The zero-order valence-electron chi connectivity index (χ0n) is 54.5. The van der Waals surface area contributed by atoms with Crippen molar-refractivity contribution in [2.24, 2.45) is 0 Å². The van der Waals surface area contributed by atoms with Gasteiger partial charge in [0.2, 0.25) is 0 Å². The van der Waals surface area contributed by atoms with E-state index in [2.05, 4.69) is 106 Å². The van der Waals surface area contributed by atoms with E-state index in [1.54, 1.807) is 0 Å². The molecule has 1 unspecified atom stereocenters. The lowest BCUT2D eigenvalue weighted by molar-refractivity contribution is -0.167. The highest BCUT2D eigenvalue weighted by molar-refractivity contribution is 5.71.